The van der Waals surface area contributed by atoms with E-state index in [1.54, 1.807) is 12.1 Å². The van der Waals surface area contributed by atoms with Crippen LogP contribution in [0.2, 0.25) is 0 Å². The number of hydrogen-bond acceptors (Lipinski definition) is 4. The second-order valence-electron chi connectivity index (χ2n) is 5.26. The zero-order valence-corrected chi connectivity index (χ0v) is 14.8. The molecule has 0 radical (unpaired) electrons. The van der Waals surface area contributed by atoms with Crippen molar-refractivity contribution in [3.63, 3.8) is 0 Å². The topological polar surface area (TPSA) is 115 Å². The number of carbonyl (C=O) groups excluding carboxylic acids is 2. The quantitative estimate of drug-likeness (QED) is 0.681. The Balaban J connectivity index is 2.32. The largest absolute Gasteiger partial charge is 0.480 e. The van der Waals surface area contributed by atoms with Crippen molar-refractivity contribution in [3.05, 3.63) is 28.4 Å². The number of amides is 2. The van der Waals surface area contributed by atoms with Crippen LogP contribution in [0, 0.1) is 0 Å². The maximum atomic E-state index is 12.8. The van der Waals surface area contributed by atoms with Gasteiger partial charge in [0.15, 0.2) is 5.69 Å². The molecule has 0 saturated carbocycles. The van der Waals surface area contributed by atoms with Crippen LogP contribution in [0.25, 0.3) is 10.9 Å². The number of H-pyrrole nitrogens is 1. The molecular formula is C15H17BrN4O4. The van der Waals surface area contributed by atoms with Crippen molar-refractivity contribution < 1.29 is 19.5 Å². The van der Waals surface area contributed by atoms with Crippen LogP contribution >= 0.6 is 15.9 Å². The summed E-state index contributed by atoms with van der Waals surface area (Å²) in [6.45, 7) is 2.99. The van der Waals surface area contributed by atoms with Gasteiger partial charge in [0.05, 0.1) is 5.52 Å². The average molecular weight is 397 g/mol. The van der Waals surface area contributed by atoms with Gasteiger partial charge in [-0.05, 0) is 25.1 Å². The Morgan fingerprint density at radius 2 is 2.12 bits per heavy atom. The van der Waals surface area contributed by atoms with E-state index in [4.69, 9.17) is 0 Å². The number of carboxylic acids is 1. The summed E-state index contributed by atoms with van der Waals surface area (Å²) in [4.78, 5) is 36.3. The van der Waals surface area contributed by atoms with Crippen LogP contribution in [0.1, 0.15) is 24.3 Å². The number of halogens is 1. The van der Waals surface area contributed by atoms with Gasteiger partial charge in [0, 0.05) is 29.9 Å². The fourth-order valence-electron chi connectivity index (χ4n) is 2.24. The lowest BCUT2D eigenvalue weighted by Crippen LogP contribution is -2.46. The number of aromatic amines is 1. The van der Waals surface area contributed by atoms with Crippen LogP contribution in [-0.4, -0.2) is 57.1 Å². The number of nitrogens with zero attached hydrogens (tertiary/aromatic N) is 2. The molecule has 9 heteroatoms. The molecule has 8 nitrogen and oxygen atoms in total. The van der Waals surface area contributed by atoms with E-state index in [9.17, 15) is 19.5 Å². The maximum absolute atomic E-state index is 12.8. The van der Waals surface area contributed by atoms with Crippen molar-refractivity contribution in [1.82, 2.24) is 20.4 Å². The lowest BCUT2D eigenvalue weighted by Gasteiger charge is -2.26. The maximum Gasteiger partial charge on any atom is 0.326 e. The molecule has 1 unspecified atom stereocenters. The number of hydrogen-bond donors (Lipinski definition) is 3. The van der Waals surface area contributed by atoms with Gasteiger partial charge in [-0.2, -0.15) is 5.10 Å². The zero-order chi connectivity index (χ0) is 17.9. The molecule has 3 N–H and O–H groups in total. The SMILES string of the molecule is CC(=O)NCCN(C(=O)c1n[nH]c2ccc(Br)cc12)C(C)C(=O)O. The second kappa shape index (κ2) is 7.43. The highest BCUT2D eigenvalue weighted by Crippen LogP contribution is 2.22. The third-order valence-corrected chi connectivity index (χ3v) is 4.03. The molecule has 0 aliphatic rings. The molecule has 0 aliphatic carbocycles. The Bertz CT molecular complexity index is 789. The van der Waals surface area contributed by atoms with Gasteiger partial charge >= 0.3 is 5.97 Å². The zero-order valence-electron chi connectivity index (χ0n) is 13.2. The van der Waals surface area contributed by atoms with Gasteiger partial charge in [-0.1, -0.05) is 15.9 Å². The van der Waals surface area contributed by atoms with Crippen LogP contribution in [0.15, 0.2) is 22.7 Å². The van der Waals surface area contributed by atoms with Crippen molar-refractivity contribution in [2.24, 2.45) is 0 Å². The summed E-state index contributed by atoms with van der Waals surface area (Å²) in [5.41, 5.74) is 0.813. The highest BCUT2D eigenvalue weighted by Gasteiger charge is 2.28. The molecule has 1 heterocycles. The standard InChI is InChI=1S/C15H17BrN4O4/c1-8(15(23)24)20(6-5-17-9(2)21)14(22)13-11-7-10(16)3-4-12(11)18-19-13/h3-4,7-8H,5-6H2,1-2H3,(H,17,21)(H,18,19)(H,23,24). The molecule has 1 atom stereocenters. The first-order valence-corrected chi connectivity index (χ1v) is 8.02. The van der Waals surface area contributed by atoms with Gasteiger partial charge < -0.3 is 15.3 Å². The minimum absolute atomic E-state index is 0.0637. The molecule has 0 saturated heterocycles. The highest BCUT2D eigenvalue weighted by atomic mass is 79.9. The number of carbonyl (C=O) groups is 3. The molecule has 1 aromatic heterocycles. The Labute approximate surface area is 146 Å². The minimum Gasteiger partial charge on any atom is -0.480 e. The summed E-state index contributed by atoms with van der Waals surface area (Å²) in [6.07, 6.45) is 0. The smallest absolute Gasteiger partial charge is 0.326 e. The molecule has 1 aromatic carbocycles. The van der Waals surface area contributed by atoms with Crippen molar-refractivity contribution in [1.29, 1.82) is 0 Å². The number of nitrogens with one attached hydrogen (secondary N) is 2. The van der Waals surface area contributed by atoms with Crippen molar-refractivity contribution >= 4 is 44.6 Å². The summed E-state index contributed by atoms with van der Waals surface area (Å²) in [5.74, 6) is -1.90. The third-order valence-electron chi connectivity index (χ3n) is 3.54. The normalized spacial score (nSPS) is 12.0. The minimum atomic E-state index is -1.13. The first-order valence-electron chi connectivity index (χ1n) is 7.23. The third kappa shape index (κ3) is 3.91. The van der Waals surface area contributed by atoms with E-state index >= 15 is 0 Å². The first-order chi connectivity index (χ1) is 11.3. The van der Waals surface area contributed by atoms with E-state index in [1.807, 2.05) is 6.07 Å². The van der Waals surface area contributed by atoms with E-state index in [1.165, 1.54) is 18.7 Å². The van der Waals surface area contributed by atoms with Gasteiger partial charge in [-0.3, -0.25) is 14.7 Å². The van der Waals surface area contributed by atoms with Crippen LogP contribution < -0.4 is 5.32 Å². The fraction of sp³-hybridized carbons (Fsp3) is 0.333. The Hall–Kier alpha value is -2.42. The molecule has 2 aromatic rings. The number of carboxylic acid groups (broad SMARTS) is 1. The molecule has 0 spiro atoms. The van der Waals surface area contributed by atoms with E-state index in [0.29, 0.717) is 10.9 Å². The van der Waals surface area contributed by atoms with Gasteiger partial charge in [-0.25, -0.2) is 4.79 Å². The predicted molar refractivity (Wildman–Crippen MR) is 90.6 cm³/mol. The Morgan fingerprint density at radius 1 is 1.42 bits per heavy atom. The Kier molecular flexibility index (Phi) is 5.55. The molecule has 0 aliphatic heterocycles. The van der Waals surface area contributed by atoms with Crippen LogP contribution in [0.4, 0.5) is 0 Å². The second-order valence-corrected chi connectivity index (χ2v) is 6.17. The molecular weight excluding hydrogens is 380 g/mol. The number of aromatic nitrogens is 2. The molecule has 128 valence electrons. The number of aliphatic carboxylic acids is 1. The number of benzene rings is 1. The lowest BCUT2D eigenvalue weighted by molar-refractivity contribution is -0.141. The van der Waals surface area contributed by atoms with Crippen LogP contribution in [0.3, 0.4) is 0 Å². The van der Waals surface area contributed by atoms with Crippen LogP contribution in [-0.2, 0) is 9.59 Å². The summed E-state index contributed by atoms with van der Waals surface area (Å²) in [6, 6.07) is 4.27. The summed E-state index contributed by atoms with van der Waals surface area (Å²) in [5, 5.41) is 19.2. The van der Waals surface area contributed by atoms with Crippen LogP contribution in [0.5, 0.6) is 0 Å². The molecule has 0 bridgehead atoms. The van der Waals surface area contributed by atoms with E-state index in [-0.39, 0.29) is 24.7 Å². The van der Waals surface area contributed by atoms with Gasteiger partial charge in [0.1, 0.15) is 6.04 Å². The predicted octanol–water partition coefficient (Wildman–Crippen LogP) is 1.38. The number of fused-ring (bicyclic) bond motifs is 1. The highest BCUT2D eigenvalue weighted by molar-refractivity contribution is 9.10. The van der Waals surface area contributed by atoms with E-state index < -0.39 is 17.9 Å². The summed E-state index contributed by atoms with van der Waals surface area (Å²) >= 11 is 3.34. The first kappa shape index (κ1) is 17.9. The molecule has 2 rings (SSSR count). The van der Waals surface area contributed by atoms with Crippen molar-refractivity contribution in [2.75, 3.05) is 13.1 Å². The fourth-order valence-corrected chi connectivity index (χ4v) is 2.60. The van der Waals surface area contributed by atoms with E-state index in [0.717, 1.165) is 4.47 Å². The molecule has 0 fully saturated rings. The average Bonchev–Trinajstić information content (AvgIpc) is 2.93. The van der Waals surface area contributed by atoms with Gasteiger partial charge in [0.25, 0.3) is 5.91 Å². The molecule has 2 amide bonds. The lowest BCUT2D eigenvalue weighted by atomic mass is 10.1. The van der Waals surface area contributed by atoms with E-state index in [2.05, 4.69) is 31.4 Å². The van der Waals surface area contributed by atoms with Gasteiger partial charge in [0.2, 0.25) is 5.91 Å². The number of rotatable bonds is 6. The summed E-state index contributed by atoms with van der Waals surface area (Å²) in [7, 11) is 0. The monoisotopic (exact) mass is 396 g/mol. The van der Waals surface area contributed by atoms with Crippen molar-refractivity contribution in [2.45, 2.75) is 19.9 Å². The van der Waals surface area contributed by atoms with Gasteiger partial charge in [-0.15, -0.1) is 0 Å². The Morgan fingerprint density at radius 3 is 2.75 bits per heavy atom. The summed E-state index contributed by atoms with van der Waals surface area (Å²) < 4.78 is 0.779. The van der Waals surface area contributed by atoms with Crippen molar-refractivity contribution in [3.8, 4) is 0 Å². The molecule has 24 heavy (non-hydrogen) atoms.